The van der Waals surface area contributed by atoms with E-state index in [4.69, 9.17) is 0 Å². The van der Waals surface area contributed by atoms with Gasteiger partial charge in [0.1, 0.15) is 0 Å². The van der Waals surface area contributed by atoms with Crippen LogP contribution in [0.15, 0.2) is 36.4 Å². The van der Waals surface area contributed by atoms with Crippen molar-refractivity contribution in [3.8, 4) is 0 Å². The number of hydrazine groups is 1. The molecular formula is C22H24F3IN4O2. The molecule has 6 nitrogen and oxygen atoms in total. The third-order valence-corrected chi connectivity index (χ3v) is 6.55. The van der Waals surface area contributed by atoms with E-state index >= 15 is 0 Å². The van der Waals surface area contributed by atoms with E-state index in [9.17, 15) is 22.8 Å². The normalized spacial score (nSPS) is 15.4. The second-order valence-electron chi connectivity index (χ2n) is 7.82. The number of hydrogen-bond donors (Lipinski definition) is 2. The summed E-state index contributed by atoms with van der Waals surface area (Å²) in [7, 11) is 1.98. The summed E-state index contributed by atoms with van der Waals surface area (Å²) in [5.74, 6) is -1.38. The number of amides is 2. The van der Waals surface area contributed by atoms with Gasteiger partial charge in [0.05, 0.1) is 5.56 Å². The number of likely N-dealkylation sites (N-methyl/N-ethyl adjacent to an activating group) is 1. The highest BCUT2D eigenvalue weighted by Gasteiger charge is 2.34. The van der Waals surface area contributed by atoms with Crippen LogP contribution in [0.3, 0.4) is 0 Å². The molecule has 2 aromatic rings. The lowest BCUT2D eigenvalue weighted by atomic mass is 10.0. The summed E-state index contributed by atoms with van der Waals surface area (Å²) >= 11 is 2.09. The second kappa shape index (κ2) is 10.2. The van der Waals surface area contributed by atoms with Crippen molar-refractivity contribution in [3.05, 3.63) is 67.8 Å². The number of rotatable bonds is 4. The first-order valence-electron chi connectivity index (χ1n) is 10.0. The second-order valence-corrected chi connectivity index (χ2v) is 8.98. The lowest BCUT2D eigenvalue weighted by Crippen LogP contribution is -2.44. The van der Waals surface area contributed by atoms with Gasteiger partial charge < -0.3 is 4.90 Å². The van der Waals surface area contributed by atoms with Crippen molar-refractivity contribution in [3.63, 3.8) is 0 Å². The maximum atomic E-state index is 13.7. The van der Waals surface area contributed by atoms with E-state index in [-0.39, 0.29) is 17.7 Å². The summed E-state index contributed by atoms with van der Waals surface area (Å²) in [5.41, 5.74) is 4.87. The first kappa shape index (κ1) is 24.5. The third-order valence-electron chi connectivity index (χ3n) is 5.39. The summed E-state index contributed by atoms with van der Waals surface area (Å²) in [5, 5.41) is 0. The number of piperazine rings is 1. The first-order chi connectivity index (χ1) is 15.0. The topological polar surface area (TPSA) is 64.7 Å². The highest BCUT2D eigenvalue weighted by Crippen LogP contribution is 2.33. The molecule has 32 heavy (non-hydrogen) atoms. The Kier molecular flexibility index (Phi) is 7.78. The molecule has 1 aliphatic rings. The van der Waals surface area contributed by atoms with E-state index in [2.05, 4.69) is 38.3 Å². The Labute approximate surface area is 198 Å². The van der Waals surface area contributed by atoms with Crippen LogP contribution in [-0.4, -0.2) is 54.8 Å². The first-order valence-corrected chi connectivity index (χ1v) is 11.1. The van der Waals surface area contributed by atoms with E-state index in [0.29, 0.717) is 18.7 Å². The fourth-order valence-corrected chi connectivity index (χ4v) is 3.87. The van der Waals surface area contributed by atoms with Crippen molar-refractivity contribution in [2.24, 2.45) is 0 Å². The fraction of sp³-hybridized carbons (Fsp3) is 0.364. The Hall–Kier alpha value is -2.18. The smallest absolute Gasteiger partial charge is 0.304 e. The molecule has 1 aliphatic heterocycles. The summed E-state index contributed by atoms with van der Waals surface area (Å²) in [6.07, 6.45) is -4.60. The lowest BCUT2D eigenvalue weighted by molar-refractivity contribution is -0.138. The van der Waals surface area contributed by atoms with Crippen molar-refractivity contribution in [2.45, 2.75) is 19.6 Å². The number of aryl methyl sites for hydroxylation is 1. The summed E-state index contributed by atoms with van der Waals surface area (Å²) < 4.78 is 41.9. The SMILES string of the molecule is Cc1ccc(C(=O)NNC(=O)c2ccc(CN3CCN(C)CC3)c(C(F)(F)F)c2)cc1I. The molecule has 1 fully saturated rings. The zero-order valence-corrected chi connectivity index (χ0v) is 19.9. The van der Waals surface area contributed by atoms with Gasteiger partial charge in [0.25, 0.3) is 11.8 Å². The summed E-state index contributed by atoms with van der Waals surface area (Å²) in [6.45, 7) is 5.01. The molecule has 2 N–H and O–H groups in total. The largest absolute Gasteiger partial charge is 0.416 e. The van der Waals surface area contributed by atoms with Gasteiger partial charge in [-0.15, -0.1) is 0 Å². The van der Waals surface area contributed by atoms with Crippen LogP contribution in [0.2, 0.25) is 0 Å². The average molecular weight is 560 g/mol. The Balaban J connectivity index is 1.70. The third kappa shape index (κ3) is 6.20. The molecule has 172 valence electrons. The van der Waals surface area contributed by atoms with Crippen LogP contribution >= 0.6 is 22.6 Å². The molecule has 2 aromatic carbocycles. The van der Waals surface area contributed by atoms with Crippen LogP contribution in [0.5, 0.6) is 0 Å². The van der Waals surface area contributed by atoms with Gasteiger partial charge >= 0.3 is 6.18 Å². The monoisotopic (exact) mass is 560 g/mol. The van der Waals surface area contributed by atoms with Gasteiger partial charge in [-0.3, -0.25) is 25.3 Å². The van der Waals surface area contributed by atoms with E-state index in [1.54, 1.807) is 18.2 Å². The molecule has 0 unspecified atom stereocenters. The molecule has 1 heterocycles. The van der Waals surface area contributed by atoms with Gasteiger partial charge in [-0.1, -0.05) is 12.1 Å². The molecule has 0 aliphatic carbocycles. The Morgan fingerprint density at radius 3 is 2.09 bits per heavy atom. The highest BCUT2D eigenvalue weighted by atomic mass is 127. The predicted molar refractivity (Wildman–Crippen MR) is 123 cm³/mol. The molecule has 1 saturated heterocycles. The van der Waals surface area contributed by atoms with Crippen LogP contribution in [0.1, 0.15) is 37.4 Å². The van der Waals surface area contributed by atoms with Gasteiger partial charge in [-0.2, -0.15) is 13.2 Å². The molecule has 0 saturated carbocycles. The quantitative estimate of drug-likeness (QED) is 0.445. The minimum Gasteiger partial charge on any atom is -0.304 e. The van der Waals surface area contributed by atoms with Gasteiger partial charge in [-0.25, -0.2) is 0 Å². The van der Waals surface area contributed by atoms with Gasteiger partial charge in [0.15, 0.2) is 0 Å². The zero-order chi connectivity index (χ0) is 23.5. The van der Waals surface area contributed by atoms with Gasteiger partial charge in [0, 0.05) is 47.4 Å². The van der Waals surface area contributed by atoms with Crippen molar-refractivity contribution in [2.75, 3.05) is 33.2 Å². The van der Waals surface area contributed by atoms with Gasteiger partial charge in [-0.05, 0) is 72.0 Å². The number of carbonyl (C=O) groups is 2. The van der Waals surface area contributed by atoms with Crippen LogP contribution in [0, 0.1) is 10.5 Å². The van der Waals surface area contributed by atoms with Crippen molar-refractivity contribution in [1.82, 2.24) is 20.7 Å². The van der Waals surface area contributed by atoms with Crippen molar-refractivity contribution < 1.29 is 22.8 Å². The number of nitrogens with zero attached hydrogens (tertiary/aromatic N) is 2. The standard InChI is InChI=1S/C22H24F3IN4O2/c1-14-3-4-16(12-19(14)26)21(32)28-27-20(31)15-5-6-17(18(11-15)22(23,24)25)13-30-9-7-29(2)8-10-30/h3-6,11-12H,7-10,13H2,1-2H3,(H,27,31)(H,28,32). The predicted octanol–water partition coefficient (Wildman–Crippen LogP) is 3.44. The van der Waals surface area contributed by atoms with E-state index in [0.717, 1.165) is 28.3 Å². The zero-order valence-electron chi connectivity index (χ0n) is 17.7. The highest BCUT2D eigenvalue weighted by molar-refractivity contribution is 14.1. The molecule has 0 radical (unpaired) electrons. The molecule has 0 atom stereocenters. The number of halogens is 4. The molecule has 0 spiro atoms. The van der Waals surface area contributed by atoms with Crippen LogP contribution in [0.4, 0.5) is 13.2 Å². The number of hydrogen-bond acceptors (Lipinski definition) is 4. The van der Waals surface area contributed by atoms with Crippen molar-refractivity contribution in [1.29, 1.82) is 0 Å². The maximum Gasteiger partial charge on any atom is 0.416 e. The minimum atomic E-state index is -4.60. The molecule has 0 bridgehead atoms. The van der Waals surface area contributed by atoms with E-state index < -0.39 is 23.6 Å². The molecule has 3 rings (SSSR count). The Bertz CT molecular complexity index is 1010. The van der Waals surface area contributed by atoms with Crippen LogP contribution in [-0.2, 0) is 12.7 Å². The Morgan fingerprint density at radius 1 is 0.969 bits per heavy atom. The minimum absolute atomic E-state index is 0.122. The molecule has 0 aromatic heterocycles. The maximum absolute atomic E-state index is 13.7. The Morgan fingerprint density at radius 2 is 1.53 bits per heavy atom. The number of nitrogens with one attached hydrogen (secondary N) is 2. The average Bonchev–Trinajstić information content (AvgIpc) is 2.74. The lowest BCUT2D eigenvalue weighted by Gasteiger charge is -2.33. The van der Waals surface area contributed by atoms with E-state index in [1.165, 1.54) is 12.1 Å². The molecule has 10 heteroatoms. The van der Waals surface area contributed by atoms with Crippen molar-refractivity contribution >= 4 is 34.4 Å². The number of benzene rings is 2. The summed E-state index contributed by atoms with van der Waals surface area (Å²) in [6, 6.07) is 8.55. The summed E-state index contributed by atoms with van der Waals surface area (Å²) in [4.78, 5) is 28.7. The molecular weight excluding hydrogens is 536 g/mol. The van der Waals surface area contributed by atoms with Crippen LogP contribution in [0.25, 0.3) is 0 Å². The van der Waals surface area contributed by atoms with E-state index in [1.807, 2.05) is 18.9 Å². The van der Waals surface area contributed by atoms with Gasteiger partial charge in [0.2, 0.25) is 0 Å². The number of alkyl halides is 3. The fourth-order valence-electron chi connectivity index (χ4n) is 3.36. The molecule has 2 amide bonds. The van der Waals surface area contributed by atoms with Crippen LogP contribution < -0.4 is 10.9 Å². The number of carbonyl (C=O) groups excluding carboxylic acids is 2.